The van der Waals surface area contributed by atoms with E-state index in [1.54, 1.807) is 14.2 Å². The molecule has 0 saturated carbocycles. The molecule has 0 atom stereocenters. The van der Waals surface area contributed by atoms with Crippen LogP contribution in [0.25, 0.3) is 11.1 Å². The topological polar surface area (TPSA) is 43.4 Å². The van der Waals surface area contributed by atoms with E-state index in [9.17, 15) is 0 Å². The fraction of sp³-hybridized carbons (Fsp3) is 0.0400. The summed E-state index contributed by atoms with van der Waals surface area (Å²) in [4.78, 5) is 4.49. The summed E-state index contributed by atoms with van der Waals surface area (Å²) in [6, 6.07) is 69.6. The second-order valence-corrected chi connectivity index (χ2v) is 13.0. The first kappa shape index (κ1) is 35.6. The number of nitrogens with zero attached hydrogens (tertiary/aromatic N) is 2. The second kappa shape index (κ2) is 16.7. The Morgan fingerprint density at radius 2 is 0.571 bits per heavy atom. The Bertz CT molecular complexity index is 2290. The van der Waals surface area contributed by atoms with Gasteiger partial charge in [0.15, 0.2) is 0 Å². The molecule has 6 nitrogen and oxygen atoms in total. The molecule has 0 aromatic heterocycles. The molecule has 0 aliphatic carbocycles. The Kier molecular flexibility index (Phi) is 10.6. The lowest BCUT2D eigenvalue weighted by Crippen LogP contribution is -2.10. The molecule has 0 fully saturated rings. The first-order valence-corrected chi connectivity index (χ1v) is 18.4. The monoisotopic (exact) mass is 732 g/mol. The lowest BCUT2D eigenvalue weighted by molar-refractivity contribution is 0.409. The van der Waals surface area contributed by atoms with Crippen LogP contribution in [0.4, 0.5) is 34.1 Å². The highest BCUT2D eigenvalue weighted by Crippen LogP contribution is 2.39. The zero-order chi connectivity index (χ0) is 38.1. The van der Waals surface area contributed by atoms with Crippen molar-refractivity contribution in [3.63, 3.8) is 0 Å². The Hall–Kier alpha value is -7.44. The van der Waals surface area contributed by atoms with Crippen LogP contribution in [0, 0.1) is 0 Å². The maximum Gasteiger partial charge on any atom is 0.131 e. The van der Waals surface area contributed by atoms with E-state index in [1.807, 2.05) is 84.9 Å². The lowest BCUT2D eigenvalue weighted by Gasteiger charge is -2.26. The predicted molar refractivity (Wildman–Crippen MR) is 227 cm³/mol. The minimum absolute atomic E-state index is 0.721. The van der Waals surface area contributed by atoms with Crippen molar-refractivity contribution in [1.82, 2.24) is 0 Å². The lowest BCUT2D eigenvalue weighted by atomic mass is 10.0. The van der Waals surface area contributed by atoms with Crippen molar-refractivity contribution in [3.05, 3.63) is 206 Å². The van der Waals surface area contributed by atoms with Crippen LogP contribution in [-0.4, -0.2) is 14.2 Å². The largest absolute Gasteiger partial charge is 0.497 e. The van der Waals surface area contributed by atoms with Gasteiger partial charge in [-0.1, -0.05) is 72.8 Å². The minimum atomic E-state index is 0.721. The highest BCUT2D eigenvalue weighted by Gasteiger charge is 2.15. The number of para-hydroxylation sites is 2. The van der Waals surface area contributed by atoms with Gasteiger partial charge in [-0.2, -0.15) is 0 Å². The third-order valence-corrected chi connectivity index (χ3v) is 9.36. The SMILES string of the molecule is COc1cccc(Oc2ccc(N(c3ccccc3)c3ccc(-c4ccc(N(c5ccccc5)c5ccc(Oc6cccc(OC)c6)cc5)cc4)cc3)cc2)c1. The third kappa shape index (κ3) is 8.20. The van der Waals surface area contributed by atoms with Gasteiger partial charge in [0.25, 0.3) is 0 Å². The van der Waals surface area contributed by atoms with Crippen LogP contribution in [0.3, 0.4) is 0 Å². The Morgan fingerprint density at radius 3 is 0.911 bits per heavy atom. The molecule has 0 bridgehead atoms. The predicted octanol–water partition coefficient (Wildman–Crippen LogP) is 13.9. The van der Waals surface area contributed by atoms with Crippen LogP contribution in [0.15, 0.2) is 206 Å². The van der Waals surface area contributed by atoms with Crippen molar-refractivity contribution in [2.75, 3.05) is 24.0 Å². The summed E-state index contributed by atoms with van der Waals surface area (Å²) in [6.07, 6.45) is 0. The number of rotatable bonds is 13. The number of methoxy groups -OCH3 is 2. The molecule has 56 heavy (non-hydrogen) atoms. The zero-order valence-corrected chi connectivity index (χ0v) is 31.2. The number of hydrogen-bond donors (Lipinski definition) is 0. The van der Waals surface area contributed by atoms with E-state index >= 15 is 0 Å². The number of ether oxygens (including phenoxy) is 4. The molecule has 8 rings (SSSR count). The zero-order valence-electron chi connectivity index (χ0n) is 31.2. The van der Waals surface area contributed by atoms with Gasteiger partial charge in [0.05, 0.1) is 14.2 Å². The smallest absolute Gasteiger partial charge is 0.131 e. The maximum atomic E-state index is 6.13. The van der Waals surface area contributed by atoms with Crippen LogP contribution in [0.5, 0.6) is 34.5 Å². The van der Waals surface area contributed by atoms with Crippen molar-refractivity contribution in [3.8, 4) is 45.6 Å². The summed E-state index contributed by atoms with van der Waals surface area (Å²) in [5.74, 6) is 4.44. The third-order valence-electron chi connectivity index (χ3n) is 9.36. The van der Waals surface area contributed by atoms with Crippen LogP contribution in [-0.2, 0) is 0 Å². The molecule has 0 aliphatic heterocycles. The van der Waals surface area contributed by atoms with E-state index in [0.717, 1.165) is 79.7 Å². The van der Waals surface area contributed by atoms with Gasteiger partial charge in [-0.05, 0) is 132 Å². The summed E-state index contributed by atoms with van der Waals surface area (Å²) in [7, 11) is 3.30. The second-order valence-electron chi connectivity index (χ2n) is 13.0. The van der Waals surface area contributed by atoms with Crippen molar-refractivity contribution in [2.45, 2.75) is 0 Å². The van der Waals surface area contributed by atoms with Gasteiger partial charge in [0.2, 0.25) is 0 Å². The minimum Gasteiger partial charge on any atom is -0.497 e. The van der Waals surface area contributed by atoms with Gasteiger partial charge in [0, 0.05) is 46.3 Å². The van der Waals surface area contributed by atoms with Crippen LogP contribution < -0.4 is 28.7 Å². The number of benzene rings is 8. The fourth-order valence-electron chi connectivity index (χ4n) is 6.58. The van der Waals surface area contributed by atoms with Crippen molar-refractivity contribution in [1.29, 1.82) is 0 Å². The molecular weight excluding hydrogens is 693 g/mol. The molecule has 0 amide bonds. The molecular formula is C50H40N2O4. The maximum absolute atomic E-state index is 6.13. The molecule has 0 radical (unpaired) electrons. The van der Waals surface area contributed by atoms with Crippen molar-refractivity contribution < 1.29 is 18.9 Å². The molecule has 0 aliphatic rings. The molecule has 0 heterocycles. The average molecular weight is 733 g/mol. The van der Waals surface area contributed by atoms with Crippen LogP contribution in [0.2, 0.25) is 0 Å². The Labute approximate surface area is 328 Å². The average Bonchev–Trinajstić information content (AvgIpc) is 3.26. The highest BCUT2D eigenvalue weighted by atomic mass is 16.5. The summed E-state index contributed by atoms with van der Waals surface area (Å²) in [6.45, 7) is 0. The quantitative estimate of drug-likeness (QED) is 0.118. The van der Waals surface area contributed by atoms with E-state index in [4.69, 9.17) is 18.9 Å². The van der Waals surface area contributed by atoms with Gasteiger partial charge in [-0.3, -0.25) is 0 Å². The standard InChI is InChI=1S/C50H40N2O4/c1-53-47-15-9-17-49(35-47)55-45-31-27-43(28-32-45)51(39-11-5-3-6-12-39)41-23-19-37(20-24-41)38-21-25-42(26-22-38)52(40-13-7-4-8-14-40)44-29-33-46(34-30-44)56-50-18-10-16-48(36-50)54-2/h3-36H,1-2H3. The van der Waals surface area contributed by atoms with Gasteiger partial charge in [0.1, 0.15) is 34.5 Å². The summed E-state index contributed by atoms with van der Waals surface area (Å²) < 4.78 is 23.0. The molecule has 8 aromatic rings. The molecule has 0 spiro atoms. The molecule has 8 aromatic carbocycles. The number of anilines is 6. The van der Waals surface area contributed by atoms with Crippen molar-refractivity contribution in [2.24, 2.45) is 0 Å². The van der Waals surface area contributed by atoms with Crippen molar-refractivity contribution >= 4 is 34.1 Å². The van der Waals surface area contributed by atoms with E-state index in [0.29, 0.717) is 0 Å². The van der Waals surface area contributed by atoms with Crippen LogP contribution in [0.1, 0.15) is 0 Å². The molecule has 0 N–H and O–H groups in total. The first-order chi connectivity index (χ1) is 27.6. The van der Waals surface area contributed by atoms with E-state index in [2.05, 4.69) is 131 Å². The number of hydrogen-bond acceptors (Lipinski definition) is 6. The molecule has 6 heteroatoms. The highest BCUT2D eigenvalue weighted by molar-refractivity contribution is 5.81. The Morgan fingerprint density at radius 1 is 0.268 bits per heavy atom. The summed E-state index contributed by atoms with van der Waals surface area (Å²) in [5, 5.41) is 0. The van der Waals surface area contributed by atoms with Crippen LogP contribution >= 0.6 is 0 Å². The van der Waals surface area contributed by atoms with E-state index in [-0.39, 0.29) is 0 Å². The molecule has 274 valence electrons. The van der Waals surface area contributed by atoms with Gasteiger partial charge < -0.3 is 28.7 Å². The van der Waals surface area contributed by atoms with Gasteiger partial charge >= 0.3 is 0 Å². The summed E-state index contributed by atoms with van der Waals surface area (Å²) >= 11 is 0. The van der Waals surface area contributed by atoms with Gasteiger partial charge in [-0.25, -0.2) is 0 Å². The normalized spacial score (nSPS) is 10.7. The van der Waals surface area contributed by atoms with E-state index < -0.39 is 0 Å². The first-order valence-electron chi connectivity index (χ1n) is 18.4. The van der Waals surface area contributed by atoms with E-state index in [1.165, 1.54) is 0 Å². The molecule has 0 unspecified atom stereocenters. The molecule has 0 saturated heterocycles. The fourth-order valence-corrected chi connectivity index (χ4v) is 6.58. The van der Waals surface area contributed by atoms with Gasteiger partial charge in [-0.15, -0.1) is 0 Å². The summed E-state index contributed by atoms with van der Waals surface area (Å²) in [5.41, 5.74) is 8.51. The Balaban J connectivity index is 1.03.